The van der Waals surface area contributed by atoms with Crippen molar-refractivity contribution >= 4 is 27.2 Å². The molecule has 2 aromatic carbocycles. The topological polar surface area (TPSA) is 82.3 Å². The van der Waals surface area contributed by atoms with Crippen molar-refractivity contribution < 1.29 is 42.5 Å². The first kappa shape index (κ1) is 20.8. The predicted molar refractivity (Wildman–Crippen MR) is 90.4 cm³/mol. The molecule has 122 valence electrons. The van der Waals surface area contributed by atoms with Crippen LogP contribution in [0.4, 0.5) is 17.1 Å². The summed E-state index contributed by atoms with van der Waals surface area (Å²) in [5.41, 5.74) is 2.34. The van der Waals surface area contributed by atoms with Crippen LogP contribution < -0.4 is 34.5 Å². The monoisotopic (exact) mass is 356 g/mol. The van der Waals surface area contributed by atoms with Crippen LogP contribution in [0.15, 0.2) is 63.7 Å². The third-order valence-electron chi connectivity index (χ3n) is 3.39. The van der Waals surface area contributed by atoms with Gasteiger partial charge < -0.3 is 4.90 Å². The molecule has 0 radical (unpaired) electrons. The summed E-state index contributed by atoms with van der Waals surface area (Å²) in [6, 6.07) is 13.3. The summed E-state index contributed by atoms with van der Waals surface area (Å²) in [7, 11) is -4.18. The summed E-state index contributed by atoms with van der Waals surface area (Å²) in [6.45, 7) is 6.09. The van der Waals surface area contributed by atoms with E-state index < -0.39 is 10.1 Å². The fourth-order valence-corrected chi connectivity index (χ4v) is 2.60. The van der Waals surface area contributed by atoms with E-state index in [1.54, 1.807) is 0 Å². The molecule has 0 atom stereocenters. The Bertz CT molecular complexity index is 771. The van der Waals surface area contributed by atoms with E-state index in [4.69, 9.17) is 4.55 Å². The van der Waals surface area contributed by atoms with Gasteiger partial charge in [0, 0.05) is 18.8 Å². The largest absolute Gasteiger partial charge is 1.00 e. The number of anilines is 1. The summed E-state index contributed by atoms with van der Waals surface area (Å²) < 4.78 is 30.8. The van der Waals surface area contributed by atoms with E-state index in [1.165, 1.54) is 24.3 Å². The van der Waals surface area contributed by atoms with Crippen LogP contribution in [0.2, 0.25) is 0 Å². The molecule has 0 fully saturated rings. The van der Waals surface area contributed by atoms with Gasteiger partial charge >= 0.3 is 29.6 Å². The standard InChI is InChI=1S/C16H19N3O3S.Na/c1-3-19(4-2)15-9-5-13(6-10-15)17-18-14-7-11-16(12-8-14)23(20,21)22;/h5-12H,3-4H2,1-2H3,(H,20,21,22);/q;+1. The van der Waals surface area contributed by atoms with Crippen molar-refractivity contribution in [3.8, 4) is 0 Å². The molecule has 1 N–H and O–H groups in total. The van der Waals surface area contributed by atoms with Crippen LogP contribution in [-0.4, -0.2) is 26.1 Å². The van der Waals surface area contributed by atoms with E-state index in [1.807, 2.05) is 24.3 Å². The Balaban J connectivity index is 0.00000288. The number of rotatable bonds is 6. The van der Waals surface area contributed by atoms with E-state index in [2.05, 4.69) is 29.0 Å². The first-order valence-corrected chi connectivity index (χ1v) is 8.72. The molecule has 2 aromatic rings. The van der Waals surface area contributed by atoms with Gasteiger partial charge in [-0.2, -0.15) is 18.6 Å². The normalized spacial score (nSPS) is 11.3. The molecule has 24 heavy (non-hydrogen) atoms. The van der Waals surface area contributed by atoms with Crippen molar-refractivity contribution in [3.05, 3.63) is 48.5 Å². The van der Waals surface area contributed by atoms with E-state index in [-0.39, 0.29) is 34.5 Å². The molecule has 0 aliphatic carbocycles. The molecule has 6 nitrogen and oxygen atoms in total. The van der Waals surface area contributed by atoms with Crippen LogP contribution in [0.3, 0.4) is 0 Å². The molecule has 0 spiro atoms. The Kier molecular flexibility index (Phi) is 8.05. The zero-order chi connectivity index (χ0) is 16.9. The minimum Gasteiger partial charge on any atom is -0.372 e. The van der Waals surface area contributed by atoms with Crippen LogP contribution in [-0.2, 0) is 10.1 Å². The van der Waals surface area contributed by atoms with E-state index >= 15 is 0 Å². The summed E-state index contributed by atoms with van der Waals surface area (Å²) in [5, 5.41) is 8.16. The molecule has 0 aliphatic heterocycles. The van der Waals surface area contributed by atoms with Crippen molar-refractivity contribution in [1.82, 2.24) is 0 Å². The van der Waals surface area contributed by atoms with Crippen molar-refractivity contribution in [1.29, 1.82) is 0 Å². The van der Waals surface area contributed by atoms with Gasteiger partial charge in [0.2, 0.25) is 0 Å². The number of hydrogen-bond acceptors (Lipinski definition) is 5. The number of azo groups is 1. The summed E-state index contributed by atoms with van der Waals surface area (Å²) in [5.74, 6) is 0. The van der Waals surface area contributed by atoms with Crippen LogP contribution >= 0.6 is 0 Å². The molecule has 0 unspecified atom stereocenters. The quantitative estimate of drug-likeness (QED) is 0.479. The molecule has 0 saturated heterocycles. The van der Waals surface area contributed by atoms with Gasteiger partial charge in [0.25, 0.3) is 10.1 Å². The zero-order valence-corrected chi connectivity index (χ0v) is 16.9. The van der Waals surface area contributed by atoms with Gasteiger partial charge in [0.1, 0.15) is 0 Å². The summed E-state index contributed by atoms with van der Waals surface area (Å²) >= 11 is 0. The number of nitrogens with zero attached hydrogens (tertiary/aromatic N) is 3. The van der Waals surface area contributed by atoms with Gasteiger partial charge in [-0.05, 0) is 62.4 Å². The zero-order valence-electron chi connectivity index (χ0n) is 14.0. The van der Waals surface area contributed by atoms with Crippen molar-refractivity contribution in [2.75, 3.05) is 18.0 Å². The Labute approximate surface area is 164 Å². The van der Waals surface area contributed by atoms with Crippen LogP contribution in [0.5, 0.6) is 0 Å². The Morgan fingerprint density at radius 2 is 1.29 bits per heavy atom. The second-order valence-corrected chi connectivity index (χ2v) is 6.28. The van der Waals surface area contributed by atoms with Crippen LogP contribution in [0.1, 0.15) is 13.8 Å². The van der Waals surface area contributed by atoms with Gasteiger partial charge in [-0.25, -0.2) is 0 Å². The molecule has 2 rings (SSSR count). The average Bonchev–Trinajstić information content (AvgIpc) is 2.55. The SMILES string of the molecule is CCN(CC)c1ccc(N=Nc2ccc(S(=O)(=O)O)cc2)cc1.[Na+]. The fourth-order valence-electron chi connectivity index (χ4n) is 2.12. The van der Waals surface area contributed by atoms with Crippen molar-refractivity contribution in [3.63, 3.8) is 0 Å². The van der Waals surface area contributed by atoms with E-state index in [0.29, 0.717) is 11.4 Å². The van der Waals surface area contributed by atoms with Crippen LogP contribution in [0.25, 0.3) is 0 Å². The summed E-state index contributed by atoms with van der Waals surface area (Å²) in [4.78, 5) is 2.06. The second kappa shape index (κ2) is 9.29. The summed E-state index contributed by atoms with van der Waals surface area (Å²) in [6.07, 6.45) is 0. The van der Waals surface area contributed by atoms with Gasteiger partial charge in [-0.1, -0.05) is 0 Å². The van der Waals surface area contributed by atoms with Crippen molar-refractivity contribution in [2.24, 2.45) is 10.2 Å². The van der Waals surface area contributed by atoms with E-state index in [9.17, 15) is 8.42 Å². The van der Waals surface area contributed by atoms with Gasteiger partial charge in [0.05, 0.1) is 16.3 Å². The smallest absolute Gasteiger partial charge is 0.372 e. The van der Waals surface area contributed by atoms with Crippen LogP contribution in [0, 0.1) is 0 Å². The molecule has 0 aliphatic rings. The Morgan fingerprint density at radius 3 is 1.67 bits per heavy atom. The minimum absolute atomic E-state index is 0. The first-order valence-electron chi connectivity index (χ1n) is 7.28. The third-order valence-corrected chi connectivity index (χ3v) is 4.26. The maximum Gasteiger partial charge on any atom is 1.00 e. The molecule has 0 saturated carbocycles. The molecular formula is C16H19N3NaO3S+. The van der Waals surface area contributed by atoms with Gasteiger partial charge in [-0.3, -0.25) is 4.55 Å². The average molecular weight is 356 g/mol. The number of hydrogen-bond donors (Lipinski definition) is 1. The third kappa shape index (κ3) is 5.68. The van der Waals surface area contributed by atoms with Gasteiger partial charge in [-0.15, -0.1) is 0 Å². The fraction of sp³-hybridized carbons (Fsp3) is 0.250. The molecule has 0 bridgehead atoms. The van der Waals surface area contributed by atoms with E-state index in [0.717, 1.165) is 18.8 Å². The van der Waals surface area contributed by atoms with Gasteiger partial charge in [0.15, 0.2) is 0 Å². The second-order valence-electron chi connectivity index (χ2n) is 4.86. The Morgan fingerprint density at radius 1 is 0.875 bits per heavy atom. The predicted octanol–water partition coefficient (Wildman–Crippen LogP) is 1.20. The van der Waals surface area contributed by atoms with Crippen molar-refractivity contribution in [2.45, 2.75) is 18.7 Å². The maximum absolute atomic E-state index is 11.0. The first-order chi connectivity index (χ1) is 10.9. The minimum atomic E-state index is -4.18. The molecule has 8 heteroatoms. The molecular weight excluding hydrogens is 337 g/mol. The number of benzene rings is 2. The Hall–Kier alpha value is -1.25. The molecule has 0 aromatic heterocycles. The molecule has 0 heterocycles. The maximum atomic E-state index is 11.0. The molecule has 0 amide bonds.